The highest BCUT2D eigenvalue weighted by Crippen LogP contribution is 2.30. The molecule has 1 aromatic carbocycles. The predicted octanol–water partition coefficient (Wildman–Crippen LogP) is 2.94. The van der Waals surface area contributed by atoms with Gasteiger partial charge in [-0.15, -0.1) is 11.8 Å². The standard InChI is InChI=1S/C17H17NO4S/c1-11-13(10-14(22-11)12-6-4-3-5-7-12)15(19)18-8-9-23-16(18)17(20)21-2/h3-7,10,16H,8-9H2,1-2H3/t16-/m0/s1. The lowest BCUT2D eigenvalue weighted by atomic mass is 10.1. The van der Waals surface area contributed by atoms with Crippen LogP contribution in [-0.4, -0.2) is 41.6 Å². The van der Waals surface area contributed by atoms with Crippen LogP contribution >= 0.6 is 11.8 Å². The summed E-state index contributed by atoms with van der Waals surface area (Å²) in [6, 6.07) is 11.3. The molecule has 1 amide bonds. The van der Waals surface area contributed by atoms with Gasteiger partial charge in [0.25, 0.3) is 5.91 Å². The first-order valence-electron chi connectivity index (χ1n) is 7.28. The molecule has 0 aliphatic carbocycles. The van der Waals surface area contributed by atoms with Crippen molar-refractivity contribution in [2.75, 3.05) is 19.4 Å². The van der Waals surface area contributed by atoms with E-state index in [1.165, 1.54) is 18.9 Å². The number of esters is 1. The van der Waals surface area contributed by atoms with Crippen molar-refractivity contribution in [3.8, 4) is 11.3 Å². The summed E-state index contributed by atoms with van der Waals surface area (Å²) >= 11 is 1.42. The van der Waals surface area contributed by atoms with Crippen LogP contribution in [0.1, 0.15) is 16.1 Å². The van der Waals surface area contributed by atoms with Crippen LogP contribution in [0.3, 0.4) is 0 Å². The monoisotopic (exact) mass is 331 g/mol. The third-order valence-corrected chi connectivity index (χ3v) is 4.94. The lowest BCUT2D eigenvalue weighted by molar-refractivity contribution is -0.142. The first kappa shape index (κ1) is 15.7. The van der Waals surface area contributed by atoms with Crippen LogP contribution in [0.2, 0.25) is 0 Å². The van der Waals surface area contributed by atoms with Gasteiger partial charge in [0.15, 0.2) is 5.37 Å². The van der Waals surface area contributed by atoms with E-state index in [1.807, 2.05) is 30.3 Å². The van der Waals surface area contributed by atoms with Crippen molar-refractivity contribution in [3.05, 3.63) is 47.7 Å². The second kappa shape index (κ2) is 6.50. The van der Waals surface area contributed by atoms with Gasteiger partial charge in [-0.05, 0) is 13.0 Å². The number of carbonyl (C=O) groups is 2. The number of hydrogen-bond acceptors (Lipinski definition) is 5. The van der Waals surface area contributed by atoms with E-state index in [1.54, 1.807) is 17.9 Å². The van der Waals surface area contributed by atoms with Gasteiger partial charge in [-0.3, -0.25) is 4.79 Å². The van der Waals surface area contributed by atoms with Crippen molar-refractivity contribution >= 4 is 23.6 Å². The van der Waals surface area contributed by atoms with Crippen LogP contribution in [-0.2, 0) is 9.53 Å². The van der Waals surface area contributed by atoms with Gasteiger partial charge >= 0.3 is 5.97 Å². The highest BCUT2D eigenvalue weighted by atomic mass is 32.2. The maximum Gasteiger partial charge on any atom is 0.339 e. The van der Waals surface area contributed by atoms with Crippen molar-refractivity contribution in [1.29, 1.82) is 0 Å². The summed E-state index contributed by atoms with van der Waals surface area (Å²) < 4.78 is 10.5. The van der Waals surface area contributed by atoms with Crippen LogP contribution in [0.4, 0.5) is 0 Å². The first-order valence-corrected chi connectivity index (χ1v) is 8.33. The van der Waals surface area contributed by atoms with E-state index in [-0.39, 0.29) is 5.91 Å². The molecule has 2 aromatic rings. The lowest BCUT2D eigenvalue weighted by Crippen LogP contribution is -2.40. The third kappa shape index (κ3) is 2.99. The quantitative estimate of drug-likeness (QED) is 0.809. The van der Waals surface area contributed by atoms with E-state index in [0.29, 0.717) is 29.4 Å². The predicted molar refractivity (Wildman–Crippen MR) is 88.2 cm³/mol. The van der Waals surface area contributed by atoms with Crippen LogP contribution in [0.5, 0.6) is 0 Å². The van der Waals surface area contributed by atoms with E-state index < -0.39 is 11.3 Å². The molecule has 23 heavy (non-hydrogen) atoms. The maximum atomic E-state index is 12.8. The number of methoxy groups -OCH3 is 1. The minimum Gasteiger partial charge on any atom is -0.467 e. The zero-order valence-electron chi connectivity index (χ0n) is 12.9. The average molecular weight is 331 g/mol. The Morgan fingerprint density at radius 2 is 2.04 bits per heavy atom. The molecule has 1 saturated heterocycles. The van der Waals surface area contributed by atoms with E-state index in [9.17, 15) is 9.59 Å². The van der Waals surface area contributed by atoms with E-state index in [0.717, 1.165) is 5.56 Å². The van der Waals surface area contributed by atoms with Crippen LogP contribution in [0.15, 0.2) is 40.8 Å². The lowest BCUT2D eigenvalue weighted by Gasteiger charge is -2.21. The molecule has 1 fully saturated rings. The number of hydrogen-bond donors (Lipinski definition) is 0. The Morgan fingerprint density at radius 1 is 1.30 bits per heavy atom. The summed E-state index contributed by atoms with van der Waals surface area (Å²) in [5.41, 5.74) is 1.40. The van der Waals surface area contributed by atoms with Gasteiger partial charge in [0.1, 0.15) is 11.5 Å². The van der Waals surface area contributed by atoms with Gasteiger partial charge in [0, 0.05) is 17.9 Å². The molecule has 0 unspecified atom stereocenters. The summed E-state index contributed by atoms with van der Waals surface area (Å²) in [4.78, 5) is 26.1. The Kier molecular flexibility index (Phi) is 4.43. The second-order valence-corrected chi connectivity index (χ2v) is 6.38. The molecule has 2 heterocycles. The van der Waals surface area contributed by atoms with Gasteiger partial charge in [0.2, 0.25) is 0 Å². The second-order valence-electron chi connectivity index (χ2n) is 5.19. The Labute approximate surface area is 138 Å². The highest BCUT2D eigenvalue weighted by Gasteiger charge is 2.37. The fraction of sp³-hybridized carbons (Fsp3) is 0.294. The number of nitrogens with zero attached hydrogens (tertiary/aromatic N) is 1. The molecule has 0 N–H and O–H groups in total. The molecular weight excluding hydrogens is 314 g/mol. The van der Waals surface area contributed by atoms with Crippen molar-refractivity contribution in [2.45, 2.75) is 12.3 Å². The maximum absolute atomic E-state index is 12.8. The number of amides is 1. The number of aryl methyl sites for hydroxylation is 1. The van der Waals surface area contributed by atoms with Crippen LogP contribution < -0.4 is 0 Å². The third-order valence-electron chi connectivity index (χ3n) is 3.76. The first-order chi connectivity index (χ1) is 11.1. The van der Waals surface area contributed by atoms with Gasteiger partial charge < -0.3 is 14.1 Å². The van der Waals surface area contributed by atoms with E-state index in [2.05, 4.69) is 0 Å². The molecule has 1 atom stereocenters. The molecule has 1 aliphatic rings. The SMILES string of the molecule is COC(=O)[C@@H]1SCCN1C(=O)c1cc(-c2ccccc2)oc1C. The zero-order chi connectivity index (χ0) is 16.4. The van der Waals surface area contributed by atoms with Gasteiger partial charge in [-0.25, -0.2) is 4.79 Å². The summed E-state index contributed by atoms with van der Waals surface area (Å²) in [5, 5.41) is -0.582. The fourth-order valence-corrected chi connectivity index (χ4v) is 3.71. The molecule has 3 rings (SSSR count). The summed E-state index contributed by atoms with van der Waals surface area (Å²) in [7, 11) is 1.33. The topological polar surface area (TPSA) is 59.8 Å². The number of furan rings is 1. The Bertz CT molecular complexity index is 725. The van der Waals surface area contributed by atoms with E-state index in [4.69, 9.17) is 9.15 Å². The average Bonchev–Trinajstić information content (AvgIpc) is 3.21. The van der Waals surface area contributed by atoms with Gasteiger partial charge in [-0.1, -0.05) is 30.3 Å². The Balaban J connectivity index is 1.88. The van der Waals surface area contributed by atoms with Crippen molar-refractivity contribution in [1.82, 2.24) is 4.90 Å². The number of carbonyl (C=O) groups excluding carboxylic acids is 2. The van der Waals surface area contributed by atoms with Crippen molar-refractivity contribution in [3.63, 3.8) is 0 Å². The summed E-state index contributed by atoms with van der Waals surface area (Å²) in [6.45, 7) is 2.28. The van der Waals surface area contributed by atoms with Crippen LogP contribution in [0.25, 0.3) is 11.3 Å². The molecule has 120 valence electrons. The van der Waals surface area contributed by atoms with Gasteiger partial charge in [0.05, 0.1) is 12.7 Å². The molecule has 1 aromatic heterocycles. The smallest absolute Gasteiger partial charge is 0.339 e. The molecule has 1 aliphatic heterocycles. The molecule has 0 saturated carbocycles. The molecule has 0 spiro atoms. The minimum atomic E-state index is -0.582. The number of ether oxygens (including phenoxy) is 1. The number of benzene rings is 1. The molecule has 6 heteroatoms. The normalized spacial score (nSPS) is 17.3. The van der Waals surface area contributed by atoms with Gasteiger partial charge in [-0.2, -0.15) is 0 Å². The number of thioether (sulfide) groups is 1. The van der Waals surface area contributed by atoms with E-state index >= 15 is 0 Å². The molecule has 0 bridgehead atoms. The Morgan fingerprint density at radius 3 is 2.74 bits per heavy atom. The molecular formula is C17H17NO4S. The van der Waals surface area contributed by atoms with Crippen molar-refractivity contribution in [2.24, 2.45) is 0 Å². The molecule has 5 nitrogen and oxygen atoms in total. The number of rotatable bonds is 3. The fourth-order valence-electron chi connectivity index (χ4n) is 2.57. The molecule has 0 radical (unpaired) electrons. The minimum absolute atomic E-state index is 0.200. The highest BCUT2D eigenvalue weighted by molar-refractivity contribution is 8.00. The Hall–Kier alpha value is -2.21. The van der Waals surface area contributed by atoms with Crippen LogP contribution in [0, 0.1) is 6.92 Å². The summed E-state index contributed by atoms with van der Waals surface area (Å²) in [6.07, 6.45) is 0. The van der Waals surface area contributed by atoms with Crippen molar-refractivity contribution < 1.29 is 18.7 Å². The summed E-state index contributed by atoms with van der Waals surface area (Å²) in [5.74, 6) is 1.31. The largest absolute Gasteiger partial charge is 0.467 e. The zero-order valence-corrected chi connectivity index (χ0v) is 13.8.